The van der Waals surface area contributed by atoms with Crippen LogP contribution >= 0.6 is 11.6 Å². The van der Waals surface area contributed by atoms with E-state index in [9.17, 15) is 13.6 Å². The standard InChI is InChI=1S/C13H15ClF2O3/c1-2-18-12(17)10-6-5-9(4-3-7-14)8-11(10)19-13(15)16/h5-6,8,13H,2-4,7H2,1H3. The summed E-state index contributed by atoms with van der Waals surface area (Å²) < 4.78 is 33.8. The summed E-state index contributed by atoms with van der Waals surface area (Å²) in [5.41, 5.74) is 0.779. The van der Waals surface area contributed by atoms with E-state index >= 15 is 0 Å². The number of hydrogen-bond acceptors (Lipinski definition) is 3. The third-order valence-corrected chi connectivity index (χ3v) is 2.62. The fraction of sp³-hybridized carbons (Fsp3) is 0.462. The van der Waals surface area contributed by atoms with E-state index in [2.05, 4.69) is 4.74 Å². The molecule has 0 bridgehead atoms. The second-order valence-electron chi connectivity index (χ2n) is 3.72. The molecule has 6 heteroatoms. The van der Waals surface area contributed by atoms with E-state index in [4.69, 9.17) is 16.3 Å². The van der Waals surface area contributed by atoms with Crippen molar-refractivity contribution in [2.24, 2.45) is 0 Å². The van der Waals surface area contributed by atoms with Gasteiger partial charge in [-0.3, -0.25) is 0 Å². The molecule has 0 N–H and O–H groups in total. The van der Waals surface area contributed by atoms with Crippen LogP contribution in [0.2, 0.25) is 0 Å². The van der Waals surface area contributed by atoms with Gasteiger partial charge in [0.05, 0.1) is 6.61 Å². The Balaban J connectivity index is 2.98. The van der Waals surface area contributed by atoms with Crippen LogP contribution in [0.25, 0.3) is 0 Å². The summed E-state index contributed by atoms with van der Waals surface area (Å²) >= 11 is 5.57. The number of alkyl halides is 3. The first-order valence-corrected chi connectivity index (χ1v) is 6.42. The first-order chi connectivity index (χ1) is 9.08. The van der Waals surface area contributed by atoms with E-state index in [-0.39, 0.29) is 17.9 Å². The Labute approximate surface area is 115 Å². The van der Waals surface area contributed by atoms with Gasteiger partial charge in [-0.1, -0.05) is 6.07 Å². The Bertz CT molecular complexity index is 424. The summed E-state index contributed by atoms with van der Waals surface area (Å²) in [6, 6.07) is 4.53. The number of esters is 1. The fourth-order valence-corrected chi connectivity index (χ4v) is 1.70. The van der Waals surface area contributed by atoms with Crippen LogP contribution < -0.4 is 4.74 Å². The maximum atomic E-state index is 12.3. The number of halogens is 3. The number of hydrogen-bond donors (Lipinski definition) is 0. The molecule has 0 saturated carbocycles. The van der Waals surface area contributed by atoms with E-state index < -0.39 is 12.6 Å². The van der Waals surface area contributed by atoms with Gasteiger partial charge in [0.15, 0.2) is 0 Å². The van der Waals surface area contributed by atoms with E-state index in [1.807, 2.05) is 0 Å². The second-order valence-corrected chi connectivity index (χ2v) is 4.10. The average Bonchev–Trinajstić information content (AvgIpc) is 2.36. The van der Waals surface area contributed by atoms with Gasteiger partial charge < -0.3 is 9.47 Å². The highest BCUT2D eigenvalue weighted by Crippen LogP contribution is 2.24. The summed E-state index contributed by atoms with van der Waals surface area (Å²) in [6.07, 6.45) is 1.35. The van der Waals surface area contributed by atoms with Crippen molar-refractivity contribution in [2.75, 3.05) is 12.5 Å². The minimum absolute atomic E-state index is 0.00299. The molecule has 3 nitrogen and oxygen atoms in total. The molecule has 0 aliphatic carbocycles. The lowest BCUT2D eigenvalue weighted by Crippen LogP contribution is -2.11. The van der Waals surface area contributed by atoms with Gasteiger partial charge in [0, 0.05) is 5.88 Å². The molecule has 0 amide bonds. The normalized spacial score (nSPS) is 10.6. The molecule has 0 fully saturated rings. The van der Waals surface area contributed by atoms with Crippen LogP contribution in [0.3, 0.4) is 0 Å². The van der Waals surface area contributed by atoms with Crippen molar-refractivity contribution in [3.05, 3.63) is 29.3 Å². The molecule has 0 radical (unpaired) electrons. The van der Waals surface area contributed by atoms with Crippen LogP contribution in [-0.4, -0.2) is 25.1 Å². The van der Waals surface area contributed by atoms with Crippen LogP contribution in [0.4, 0.5) is 8.78 Å². The van der Waals surface area contributed by atoms with Gasteiger partial charge in [0.25, 0.3) is 0 Å². The summed E-state index contributed by atoms with van der Waals surface area (Å²) in [7, 11) is 0. The van der Waals surface area contributed by atoms with Crippen LogP contribution in [0.15, 0.2) is 18.2 Å². The molecule has 0 aliphatic heterocycles. The van der Waals surface area contributed by atoms with Crippen molar-refractivity contribution >= 4 is 17.6 Å². The molecule has 0 aliphatic rings. The number of carbonyl (C=O) groups is 1. The van der Waals surface area contributed by atoms with Crippen LogP contribution in [0.5, 0.6) is 5.75 Å². The number of rotatable bonds is 7. The molecular formula is C13H15ClF2O3. The molecule has 0 unspecified atom stereocenters. The van der Waals surface area contributed by atoms with Crippen molar-refractivity contribution in [1.29, 1.82) is 0 Å². The molecule has 1 aromatic carbocycles. The zero-order chi connectivity index (χ0) is 14.3. The van der Waals surface area contributed by atoms with Crippen molar-refractivity contribution in [3.8, 4) is 5.75 Å². The summed E-state index contributed by atoms with van der Waals surface area (Å²) in [5, 5.41) is 0. The van der Waals surface area contributed by atoms with Gasteiger partial charge in [0.1, 0.15) is 11.3 Å². The number of ether oxygens (including phenoxy) is 2. The zero-order valence-electron chi connectivity index (χ0n) is 10.5. The molecule has 106 valence electrons. The second kappa shape index (κ2) is 7.94. The highest BCUT2D eigenvalue weighted by atomic mass is 35.5. The lowest BCUT2D eigenvalue weighted by Gasteiger charge is -2.11. The predicted molar refractivity (Wildman–Crippen MR) is 68.1 cm³/mol. The minimum atomic E-state index is -2.99. The predicted octanol–water partition coefficient (Wildman–Crippen LogP) is 3.64. The average molecular weight is 293 g/mol. The Hall–Kier alpha value is -1.36. The topological polar surface area (TPSA) is 35.5 Å². The van der Waals surface area contributed by atoms with Gasteiger partial charge in [-0.25, -0.2) is 4.79 Å². The molecule has 0 atom stereocenters. The van der Waals surface area contributed by atoms with E-state index in [0.29, 0.717) is 18.7 Å². The molecule has 1 rings (SSSR count). The lowest BCUT2D eigenvalue weighted by atomic mass is 10.1. The van der Waals surface area contributed by atoms with Gasteiger partial charge in [-0.05, 0) is 37.5 Å². The Morgan fingerprint density at radius 1 is 1.42 bits per heavy atom. The molecule has 1 aromatic rings. The van der Waals surface area contributed by atoms with E-state index in [1.54, 1.807) is 13.0 Å². The summed E-state index contributed by atoms with van der Waals surface area (Å²) in [6.45, 7) is -1.18. The van der Waals surface area contributed by atoms with Crippen molar-refractivity contribution in [2.45, 2.75) is 26.4 Å². The molecule has 0 heterocycles. The maximum absolute atomic E-state index is 12.3. The van der Waals surface area contributed by atoms with Gasteiger partial charge in [-0.15, -0.1) is 11.6 Å². The smallest absolute Gasteiger partial charge is 0.387 e. The lowest BCUT2D eigenvalue weighted by molar-refractivity contribution is -0.0504. The largest absolute Gasteiger partial charge is 0.462 e. The summed E-state index contributed by atoms with van der Waals surface area (Å²) in [5.74, 6) is -0.368. The Kier molecular flexibility index (Phi) is 6.56. The van der Waals surface area contributed by atoms with Gasteiger partial charge in [-0.2, -0.15) is 8.78 Å². The molecule has 0 saturated heterocycles. The SMILES string of the molecule is CCOC(=O)c1ccc(CCCCl)cc1OC(F)F. The fourth-order valence-electron chi connectivity index (χ4n) is 1.56. The van der Waals surface area contributed by atoms with Gasteiger partial charge >= 0.3 is 12.6 Å². The van der Waals surface area contributed by atoms with E-state index in [1.165, 1.54) is 12.1 Å². The Morgan fingerprint density at radius 3 is 2.74 bits per heavy atom. The van der Waals surface area contributed by atoms with Gasteiger partial charge in [0.2, 0.25) is 0 Å². The highest BCUT2D eigenvalue weighted by molar-refractivity contribution is 6.17. The molecular weight excluding hydrogens is 278 g/mol. The van der Waals surface area contributed by atoms with Crippen LogP contribution in [-0.2, 0) is 11.2 Å². The summed E-state index contributed by atoms with van der Waals surface area (Å²) in [4.78, 5) is 11.6. The Morgan fingerprint density at radius 2 is 2.16 bits per heavy atom. The molecule has 19 heavy (non-hydrogen) atoms. The maximum Gasteiger partial charge on any atom is 0.387 e. The highest BCUT2D eigenvalue weighted by Gasteiger charge is 2.17. The van der Waals surface area contributed by atoms with E-state index in [0.717, 1.165) is 5.56 Å². The molecule has 0 aromatic heterocycles. The van der Waals surface area contributed by atoms with Crippen molar-refractivity contribution < 1.29 is 23.0 Å². The van der Waals surface area contributed by atoms with Crippen LogP contribution in [0.1, 0.15) is 29.3 Å². The third-order valence-electron chi connectivity index (χ3n) is 2.36. The van der Waals surface area contributed by atoms with Crippen molar-refractivity contribution in [1.82, 2.24) is 0 Å². The quantitative estimate of drug-likeness (QED) is 0.568. The number of aryl methyl sites for hydroxylation is 1. The first kappa shape index (κ1) is 15.7. The first-order valence-electron chi connectivity index (χ1n) is 5.89. The van der Waals surface area contributed by atoms with Crippen LogP contribution in [0, 0.1) is 0 Å². The zero-order valence-corrected chi connectivity index (χ0v) is 11.3. The molecule has 0 spiro atoms. The third kappa shape index (κ3) is 5.03. The van der Waals surface area contributed by atoms with Crippen molar-refractivity contribution in [3.63, 3.8) is 0 Å². The number of benzene rings is 1. The minimum Gasteiger partial charge on any atom is -0.462 e. The number of carbonyl (C=O) groups excluding carboxylic acids is 1. The monoisotopic (exact) mass is 292 g/mol.